The highest BCUT2D eigenvalue weighted by Crippen LogP contribution is 2.22. The third kappa shape index (κ3) is 1.36. The molecule has 1 heterocycles. The first-order valence-electron chi connectivity index (χ1n) is 3.35. The van der Waals surface area contributed by atoms with Crippen LogP contribution in [0.4, 0.5) is 0 Å². The number of hydrogen-bond donors (Lipinski definition) is 1. The lowest BCUT2D eigenvalue weighted by atomic mass is 10.0. The summed E-state index contributed by atoms with van der Waals surface area (Å²) in [5.41, 5.74) is 5.70. The van der Waals surface area contributed by atoms with Gasteiger partial charge in [-0.1, -0.05) is 6.92 Å². The van der Waals surface area contributed by atoms with Gasteiger partial charge in [-0.05, 0) is 13.3 Å². The van der Waals surface area contributed by atoms with E-state index in [9.17, 15) is 0 Å². The molecule has 0 aromatic carbocycles. The van der Waals surface area contributed by atoms with Crippen molar-refractivity contribution in [1.82, 2.24) is 4.98 Å². The SMILES string of the molecule is CC[C@@](C)(N)c1nccs1. The fourth-order valence-corrected chi connectivity index (χ4v) is 1.44. The van der Waals surface area contributed by atoms with Gasteiger partial charge in [-0.3, -0.25) is 0 Å². The number of thiazole rings is 1. The Bertz CT molecular complexity index is 191. The van der Waals surface area contributed by atoms with Gasteiger partial charge in [0.25, 0.3) is 0 Å². The van der Waals surface area contributed by atoms with Gasteiger partial charge in [0.15, 0.2) is 0 Å². The Labute approximate surface area is 65.1 Å². The molecular weight excluding hydrogens is 144 g/mol. The van der Waals surface area contributed by atoms with Crippen LogP contribution in [0.2, 0.25) is 0 Å². The van der Waals surface area contributed by atoms with E-state index in [0.717, 1.165) is 11.4 Å². The van der Waals surface area contributed by atoms with Crippen molar-refractivity contribution < 1.29 is 0 Å². The normalized spacial score (nSPS) is 16.7. The zero-order valence-corrected chi connectivity index (χ0v) is 7.11. The van der Waals surface area contributed by atoms with Crippen molar-refractivity contribution >= 4 is 11.3 Å². The molecule has 0 spiro atoms. The van der Waals surface area contributed by atoms with E-state index in [4.69, 9.17) is 5.73 Å². The van der Waals surface area contributed by atoms with Crippen LogP contribution < -0.4 is 5.73 Å². The fourth-order valence-electron chi connectivity index (χ4n) is 0.657. The molecule has 1 aromatic rings. The van der Waals surface area contributed by atoms with Gasteiger partial charge >= 0.3 is 0 Å². The number of nitrogens with zero attached hydrogens (tertiary/aromatic N) is 1. The fraction of sp³-hybridized carbons (Fsp3) is 0.571. The minimum Gasteiger partial charge on any atom is -0.320 e. The van der Waals surface area contributed by atoms with Crippen LogP contribution in [0.25, 0.3) is 0 Å². The number of rotatable bonds is 2. The highest BCUT2D eigenvalue weighted by Gasteiger charge is 2.20. The highest BCUT2D eigenvalue weighted by molar-refractivity contribution is 7.09. The van der Waals surface area contributed by atoms with Crippen molar-refractivity contribution in [2.75, 3.05) is 0 Å². The summed E-state index contributed by atoms with van der Waals surface area (Å²) in [6, 6.07) is 0. The van der Waals surface area contributed by atoms with E-state index >= 15 is 0 Å². The van der Waals surface area contributed by atoms with Crippen molar-refractivity contribution in [3.05, 3.63) is 16.6 Å². The predicted octanol–water partition coefficient (Wildman–Crippen LogP) is 1.73. The quantitative estimate of drug-likeness (QED) is 0.708. The van der Waals surface area contributed by atoms with Crippen LogP contribution in [-0.4, -0.2) is 4.98 Å². The standard InChI is InChI=1S/C7H12N2S/c1-3-7(2,8)6-9-4-5-10-6/h4-5H,3,8H2,1-2H3/t7-/m1/s1. The summed E-state index contributed by atoms with van der Waals surface area (Å²) in [5, 5.41) is 2.98. The molecule has 0 saturated heterocycles. The van der Waals surface area contributed by atoms with Crippen molar-refractivity contribution in [3.8, 4) is 0 Å². The van der Waals surface area contributed by atoms with E-state index in [1.54, 1.807) is 17.5 Å². The summed E-state index contributed by atoms with van der Waals surface area (Å²) in [6.07, 6.45) is 2.72. The topological polar surface area (TPSA) is 38.9 Å². The van der Waals surface area contributed by atoms with E-state index < -0.39 is 0 Å². The summed E-state index contributed by atoms with van der Waals surface area (Å²) in [4.78, 5) is 4.15. The monoisotopic (exact) mass is 156 g/mol. The Balaban J connectivity index is 2.85. The molecule has 2 N–H and O–H groups in total. The molecule has 1 rings (SSSR count). The van der Waals surface area contributed by atoms with Crippen molar-refractivity contribution in [2.24, 2.45) is 5.73 Å². The lowest BCUT2D eigenvalue weighted by Gasteiger charge is -2.18. The minimum atomic E-state index is -0.228. The first-order chi connectivity index (χ1) is 4.67. The molecule has 0 fully saturated rings. The summed E-state index contributed by atoms with van der Waals surface area (Å²) in [5.74, 6) is 0. The van der Waals surface area contributed by atoms with Crippen LogP contribution in [0.5, 0.6) is 0 Å². The molecule has 1 atom stereocenters. The Morgan fingerprint density at radius 2 is 2.50 bits per heavy atom. The van der Waals surface area contributed by atoms with Crippen molar-refractivity contribution in [1.29, 1.82) is 0 Å². The molecule has 2 nitrogen and oxygen atoms in total. The molecule has 0 aliphatic rings. The summed E-state index contributed by atoms with van der Waals surface area (Å²) >= 11 is 1.62. The third-order valence-corrected chi connectivity index (χ3v) is 2.71. The van der Waals surface area contributed by atoms with Gasteiger partial charge in [0.1, 0.15) is 5.01 Å². The van der Waals surface area contributed by atoms with E-state index in [1.807, 2.05) is 12.3 Å². The van der Waals surface area contributed by atoms with E-state index in [1.165, 1.54) is 0 Å². The van der Waals surface area contributed by atoms with Crippen LogP contribution in [0.15, 0.2) is 11.6 Å². The number of hydrogen-bond acceptors (Lipinski definition) is 3. The van der Waals surface area contributed by atoms with Crippen molar-refractivity contribution in [3.63, 3.8) is 0 Å². The number of aromatic nitrogens is 1. The van der Waals surface area contributed by atoms with Gasteiger partial charge in [-0.2, -0.15) is 0 Å². The van der Waals surface area contributed by atoms with Gasteiger partial charge in [0.05, 0.1) is 5.54 Å². The molecule has 3 heteroatoms. The molecular formula is C7H12N2S. The van der Waals surface area contributed by atoms with Crippen LogP contribution >= 0.6 is 11.3 Å². The Morgan fingerprint density at radius 1 is 1.80 bits per heavy atom. The molecule has 56 valence electrons. The lowest BCUT2D eigenvalue weighted by Crippen LogP contribution is -2.31. The minimum absolute atomic E-state index is 0.228. The molecule has 10 heavy (non-hydrogen) atoms. The molecule has 1 aromatic heterocycles. The molecule has 0 aliphatic heterocycles. The maximum atomic E-state index is 5.93. The van der Waals surface area contributed by atoms with Gasteiger partial charge in [0.2, 0.25) is 0 Å². The van der Waals surface area contributed by atoms with E-state index in [-0.39, 0.29) is 5.54 Å². The second kappa shape index (κ2) is 2.68. The Kier molecular flexibility index (Phi) is 2.06. The first-order valence-corrected chi connectivity index (χ1v) is 4.23. The first kappa shape index (κ1) is 7.69. The Morgan fingerprint density at radius 3 is 2.90 bits per heavy atom. The van der Waals surface area contributed by atoms with Gasteiger partial charge in [0, 0.05) is 11.6 Å². The average molecular weight is 156 g/mol. The molecule has 0 aliphatic carbocycles. The Hall–Kier alpha value is -0.410. The van der Waals surface area contributed by atoms with Crippen LogP contribution in [-0.2, 0) is 5.54 Å². The third-order valence-electron chi connectivity index (χ3n) is 1.66. The summed E-state index contributed by atoms with van der Waals surface area (Å²) in [6.45, 7) is 4.08. The zero-order chi connectivity index (χ0) is 7.61. The largest absolute Gasteiger partial charge is 0.320 e. The van der Waals surface area contributed by atoms with Gasteiger partial charge in [-0.15, -0.1) is 11.3 Å². The van der Waals surface area contributed by atoms with Crippen LogP contribution in [0.1, 0.15) is 25.3 Å². The van der Waals surface area contributed by atoms with Crippen LogP contribution in [0.3, 0.4) is 0 Å². The maximum absolute atomic E-state index is 5.93. The summed E-state index contributed by atoms with van der Waals surface area (Å²) < 4.78 is 0. The van der Waals surface area contributed by atoms with Crippen LogP contribution in [0, 0.1) is 0 Å². The average Bonchev–Trinajstić information content (AvgIpc) is 2.38. The predicted molar refractivity (Wildman–Crippen MR) is 43.9 cm³/mol. The van der Waals surface area contributed by atoms with Gasteiger partial charge < -0.3 is 5.73 Å². The lowest BCUT2D eigenvalue weighted by molar-refractivity contribution is 0.474. The van der Waals surface area contributed by atoms with Crippen molar-refractivity contribution in [2.45, 2.75) is 25.8 Å². The highest BCUT2D eigenvalue weighted by atomic mass is 32.1. The summed E-state index contributed by atoms with van der Waals surface area (Å²) in [7, 11) is 0. The van der Waals surface area contributed by atoms with E-state index in [2.05, 4.69) is 11.9 Å². The zero-order valence-electron chi connectivity index (χ0n) is 6.29. The molecule has 0 saturated carbocycles. The van der Waals surface area contributed by atoms with E-state index in [0.29, 0.717) is 0 Å². The smallest absolute Gasteiger partial charge is 0.112 e. The molecule has 0 radical (unpaired) electrons. The molecule has 0 bridgehead atoms. The van der Waals surface area contributed by atoms with Gasteiger partial charge in [-0.25, -0.2) is 4.98 Å². The second-order valence-electron chi connectivity index (χ2n) is 2.61. The molecule has 0 amide bonds. The maximum Gasteiger partial charge on any atom is 0.112 e. The number of nitrogens with two attached hydrogens (primary N) is 1. The molecule has 0 unspecified atom stereocenters. The second-order valence-corrected chi connectivity index (χ2v) is 3.50.